The van der Waals surface area contributed by atoms with Crippen molar-refractivity contribution in [3.63, 3.8) is 0 Å². The van der Waals surface area contributed by atoms with Gasteiger partial charge < -0.3 is 31.1 Å². The number of anilines is 1. The molecule has 0 unspecified atom stereocenters. The minimum atomic E-state index is -4.68. The highest BCUT2D eigenvalue weighted by molar-refractivity contribution is 6.31. The first-order valence-corrected chi connectivity index (χ1v) is 12.7. The Balaban J connectivity index is 1.89. The molecule has 1 fully saturated rings. The number of alkyl halides is 3. The van der Waals surface area contributed by atoms with Crippen LogP contribution in [-0.4, -0.2) is 77.4 Å². The second-order valence-corrected chi connectivity index (χ2v) is 10.6. The maximum Gasteiger partial charge on any atom is 0.433 e. The molecule has 3 rings (SSSR count). The van der Waals surface area contributed by atoms with E-state index >= 15 is 0 Å². The molecule has 0 saturated carbocycles. The van der Waals surface area contributed by atoms with Crippen molar-refractivity contribution >= 4 is 46.2 Å². The van der Waals surface area contributed by atoms with E-state index in [0.717, 1.165) is 6.07 Å². The Kier molecular flexibility index (Phi) is 9.52. The Morgan fingerprint density at radius 1 is 1.27 bits per heavy atom. The number of amides is 2. The fourth-order valence-electron chi connectivity index (χ4n) is 4.22. The number of carbonyl (C=O) groups excluding carboxylic acids is 2. The summed E-state index contributed by atoms with van der Waals surface area (Å²) in [6.45, 7) is 4.81. The number of nitrogens with two attached hydrogens (primary N) is 1. The zero-order chi connectivity index (χ0) is 29.8. The lowest BCUT2D eigenvalue weighted by Gasteiger charge is -2.38. The van der Waals surface area contributed by atoms with Crippen LogP contribution in [0, 0.1) is 0 Å². The van der Waals surface area contributed by atoms with E-state index in [1.54, 1.807) is 13.8 Å². The van der Waals surface area contributed by atoms with Crippen molar-refractivity contribution in [2.24, 2.45) is 10.7 Å². The zero-order valence-corrected chi connectivity index (χ0v) is 23.2. The topological polar surface area (TPSA) is 142 Å². The van der Waals surface area contributed by atoms with Crippen LogP contribution in [0.5, 0.6) is 0 Å². The number of aliphatic hydroxyl groups is 1. The van der Waals surface area contributed by atoms with Gasteiger partial charge in [-0.1, -0.05) is 11.6 Å². The van der Waals surface area contributed by atoms with E-state index in [1.165, 1.54) is 43.3 Å². The molecule has 1 aliphatic rings. The second-order valence-electron chi connectivity index (χ2n) is 10.1. The van der Waals surface area contributed by atoms with Gasteiger partial charge in [-0.25, -0.2) is 4.98 Å². The lowest BCUT2D eigenvalue weighted by molar-refractivity contribution is -0.141. The molecule has 1 aromatic carbocycles. The molecule has 14 heteroatoms. The standard InChI is InChI=1S/C26H32ClF3N6O4/c1-14(37)36-11-16(33-21-9-22(26(28,29)30)35-20-6-5-15(27)7-18(20)21)8-17(12-36)34-24(38)19(23(31)40-4)10-32-13-25(2,3)39/h5-7,9-10,16-17,39H,8,11-13,31H2,1-4H3,(H,33,35)(H,34,38)/t16-,17+/m1/s1. The average molecular weight is 585 g/mol. The Morgan fingerprint density at radius 2 is 1.95 bits per heavy atom. The normalized spacial score (nSPS) is 19.0. The van der Waals surface area contributed by atoms with Gasteiger partial charge in [0, 0.05) is 54.4 Å². The number of nitrogens with zero attached hydrogens (tertiary/aromatic N) is 3. The van der Waals surface area contributed by atoms with Crippen molar-refractivity contribution in [1.82, 2.24) is 15.2 Å². The monoisotopic (exact) mass is 584 g/mol. The summed E-state index contributed by atoms with van der Waals surface area (Å²) in [6.07, 6.45) is -3.23. The summed E-state index contributed by atoms with van der Waals surface area (Å²) in [6, 6.07) is 4.13. The molecule has 40 heavy (non-hydrogen) atoms. The number of halogens is 4. The van der Waals surface area contributed by atoms with Crippen LogP contribution in [0.2, 0.25) is 5.02 Å². The molecule has 2 atom stereocenters. The van der Waals surface area contributed by atoms with Crippen LogP contribution >= 0.6 is 11.6 Å². The smallest absolute Gasteiger partial charge is 0.433 e. The minimum Gasteiger partial charge on any atom is -0.482 e. The summed E-state index contributed by atoms with van der Waals surface area (Å²) in [7, 11) is 1.28. The second kappa shape index (κ2) is 12.3. The molecule has 2 heterocycles. The van der Waals surface area contributed by atoms with E-state index < -0.39 is 35.5 Å². The van der Waals surface area contributed by atoms with Crippen LogP contribution in [-0.2, 0) is 20.5 Å². The largest absolute Gasteiger partial charge is 0.482 e. The number of carbonyl (C=O) groups is 2. The van der Waals surface area contributed by atoms with E-state index in [4.69, 9.17) is 22.1 Å². The van der Waals surface area contributed by atoms with Crippen LogP contribution in [0.4, 0.5) is 18.9 Å². The maximum absolute atomic E-state index is 13.6. The number of aliphatic imine (C=N–C) groups is 1. The summed E-state index contributed by atoms with van der Waals surface area (Å²) in [5, 5.41) is 16.5. The van der Waals surface area contributed by atoms with Crippen LogP contribution in [0.1, 0.15) is 32.9 Å². The number of ether oxygens (including phenoxy) is 1. The molecule has 0 bridgehead atoms. The van der Waals surface area contributed by atoms with Gasteiger partial charge in [-0.3, -0.25) is 14.6 Å². The van der Waals surface area contributed by atoms with Crippen LogP contribution < -0.4 is 16.4 Å². The van der Waals surface area contributed by atoms with Gasteiger partial charge in [0.2, 0.25) is 5.91 Å². The first-order valence-electron chi connectivity index (χ1n) is 12.3. The Bertz CT molecular complexity index is 1330. The molecular weight excluding hydrogens is 553 g/mol. The summed E-state index contributed by atoms with van der Waals surface area (Å²) >= 11 is 6.11. The van der Waals surface area contributed by atoms with Gasteiger partial charge in [-0.2, -0.15) is 13.2 Å². The third-order valence-electron chi connectivity index (χ3n) is 6.08. The lowest BCUT2D eigenvalue weighted by Crippen LogP contribution is -2.56. The summed E-state index contributed by atoms with van der Waals surface area (Å²) in [5.41, 5.74) is 3.81. The lowest BCUT2D eigenvalue weighted by atomic mass is 9.99. The molecule has 1 aromatic heterocycles. The van der Waals surface area contributed by atoms with Gasteiger partial charge in [0.25, 0.3) is 5.91 Å². The quantitative estimate of drug-likeness (QED) is 0.212. The first-order chi connectivity index (χ1) is 18.6. The number of benzene rings is 1. The molecule has 10 nitrogen and oxygen atoms in total. The third-order valence-corrected chi connectivity index (χ3v) is 6.32. The number of methoxy groups -OCH3 is 1. The van der Waals surface area contributed by atoms with Crippen LogP contribution in [0.3, 0.4) is 0 Å². The molecule has 1 saturated heterocycles. The number of pyridine rings is 1. The Labute approximate surface area is 234 Å². The van der Waals surface area contributed by atoms with Crippen molar-refractivity contribution in [2.45, 2.75) is 51.1 Å². The van der Waals surface area contributed by atoms with Crippen molar-refractivity contribution in [3.05, 3.63) is 46.4 Å². The number of hydrogen-bond acceptors (Lipinski definition) is 8. The van der Waals surface area contributed by atoms with Crippen molar-refractivity contribution < 1.29 is 32.6 Å². The van der Waals surface area contributed by atoms with E-state index in [0.29, 0.717) is 10.4 Å². The zero-order valence-electron chi connectivity index (χ0n) is 22.5. The number of likely N-dealkylation sites (tertiary alicyclic amines) is 1. The van der Waals surface area contributed by atoms with E-state index in [2.05, 4.69) is 20.6 Å². The van der Waals surface area contributed by atoms with Gasteiger partial charge >= 0.3 is 6.18 Å². The molecule has 218 valence electrons. The average Bonchev–Trinajstić information content (AvgIpc) is 2.84. The number of fused-ring (bicyclic) bond motifs is 1. The highest BCUT2D eigenvalue weighted by atomic mass is 35.5. The molecule has 5 N–H and O–H groups in total. The number of rotatable bonds is 8. The van der Waals surface area contributed by atoms with Gasteiger partial charge in [0.05, 0.1) is 24.8 Å². The molecule has 0 aliphatic carbocycles. The number of nitrogens with one attached hydrogen (secondary N) is 2. The fraction of sp³-hybridized carbons (Fsp3) is 0.462. The van der Waals surface area contributed by atoms with E-state index in [-0.39, 0.29) is 54.6 Å². The fourth-order valence-corrected chi connectivity index (χ4v) is 4.39. The molecule has 1 aliphatic heterocycles. The van der Waals surface area contributed by atoms with Gasteiger partial charge in [0.15, 0.2) is 5.88 Å². The third kappa shape index (κ3) is 8.21. The predicted molar refractivity (Wildman–Crippen MR) is 146 cm³/mol. The summed E-state index contributed by atoms with van der Waals surface area (Å²) in [5.74, 6) is -1.11. The SMILES string of the molecule is COC(N)=C(C=NCC(C)(C)O)C(=O)N[C@H]1C[C@@H](Nc2cc(C(F)(F)F)nc3ccc(Cl)cc23)CN(C(C)=O)C1. The Hall–Kier alpha value is -3.58. The van der Waals surface area contributed by atoms with Crippen molar-refractivity contribution in [3.8, 4) is 0 Å². The van der Waals surface area contributed by atoms with Crippen molar-refractivity contribution in [2.75, 3.05) is 32.1 Å². The van der Waals surface area contributed by atoms with Crippen LogP contribution in [0.15, 0.2) is 40.7 Å². The number of piperidine rings is 1. The molecular formula is C26H32ClF3N6O4. The molecule has 0 radical (unpaired) electrons. The highest BCUT2D eigenvalue weighted by Gasteiger charge is 2.35. The van der Waals surface area contributed by atoms with Gasteiger partial charge in [-0.15, -0.1) is 0 Å². The number of hydrogen-bond donors (Lipinski definition) is 4. The molecule has 2 aromatic rings. The van der Waals surface area contributed by atoms with Crippen LogP contribution in [0.25, 0.3) is 10.9 Å². The Morgan fingerprint density at radius 3 is 2.55 bits per heavy atom. The van der Waals surface area contributed by atoms with Crippen molar-refractivity contribution in [1.29, 1.82) is 0 Å². The summed E-state index contributed by atoms with van der Waals surface area (Å²) < 4.78 is 45.8. The van der Waals surface area contributed by atoms with Gasteiger partial charge in [-0.05, 0) is 44.5 Å². The first kappa shape index (κ1) is 31.0. The molecule has 0 spiro atoms. The highest BCUT2D eigenvalue weighted by Crippen LogP contribution is 2.34. The van der Waals surface area contributed by atoms with Gasteiger partial charge in [0.1, 0.15) is 11.3 Å². The van der Waals surface area contributed by atoms with E-state index in [9.17, 15) is 27.9 Å². The molecule has 2 amide bonds. The predicted octanol–water partition coefficient (Wildman–Crippen LogP) is 3.08. The minimum absolute atomic E-state index is 0.00185. The van der Waals surface area contributed by atoms with E-state index in [1.807, 2.05) is 0 Å². The number of aromatic nitrogens is 1. The summed E-state index contributed by atoms with van der Waals surface area (Å²) in [4.78, 5) is 34.7. The maximum atomic E-state index is 13.6.